The summed E-state index contributed by atoms with van der Waals surface area (Å²) in [6.07, 6.45) is 1.22. The number of nitrogens with one attached hydrogen (secondary N) is 3. The number of benzene rings is 2. The number of aromatic nitrogens is 1. The molecule has 3 heterocycles. The van der Waals surface area contributed by atoms with Crippen LogP contribution in [0.5, 0.6) is 0 Å². The van der Waals surface area contributed by atoms with Crippen LogP contribution in [-0.2, 0) is 22.6 Å². The van der Waals surface area contributed by atoms with Crippen molar-refractivity contribution in [1.29, 1.82) is 0 Å². The van der Waals surface area contributed by atoms with Gasteiger partial charge in [-0.05, 0) is 54.3 Å². The number of H-pyrrole nitrogens is 1. The van der Waals surface area contributed by atoms with Gasteiger partial charge in [0.1, 0.15) is 11.7 Å². The van der Waals surface area contributed by atoms with E-state index in [1.165, 1.54) is 4.90 Å². The normalized spacial score (nSPS) is 17.9. The third-order valence-corrected chi connectivity index (χ3v) is 6.72. The summed E-state index contributed by atoms with van der Waals surface area (Å²) in [5.74, 6) is -1.27. The highest BCUT2D eigenvalue weighted by Crippen LogP contribution is 2.30. The topological polar surface area (TPSA) is 111 Å². The van der Waals surface area contributed by atoms with Crippen molar-refractivity contribution in [2.75, 3.05) is 5.32 Å². The Kier molecular flexibility index (Phi) is 5.28. The van der Waals surface area contributed by atoms with Gasteiger partial charge in [-0.3, -0.25) is 24.5 Å². The maximum atomic E-state index is 13.1. The van der Waals surface area contributed by atoms with Gasteiger partial charge in [0.05, 0.1) is 0 Å². The molecule has 1 fully saturated rings. The highest BCUT2D eigenvalue weighted by molar-refractivity contribution is 9.10. The summed E-state index contributed by atoms with van der Waals surface area (Å²) < 4.78 is 0.926. The lowest BCUT2D eigenvalue weighted by molar-refractivity contribution is -0.136. The number of rotatable bonds is 4. The van der Waals surface area contributed by atoms with E-state index in [9.17, 15) is 19.2 Å². The smallest absolute Gasteiger partial charge is 0.272 e. The zero-order valence-corrected chi connectivity index (χ0v) is 19.4. The second-order valence-electron chi connectivity index (χ2n) is 8.25. The molecule has 0 radical (unpaired) electrons. The van der Waals surface area contributed by atoms with E-state index in [1.807, 2.05) is 25.1 Å². The number of aromatic amines is 1. The van der Waals surface area contributed by atoms with E-state index in [2.05, 4.69) is 31.5 Å². The standard InChI is InChI=1S/C24H21BrN4O4/c1-2-15-17-5-3-13(25)10-18(17)27-21(15)23(32)26-14-4-6-16-12(9-14)11-29(24(16)33)19-7-8-20(30)28-22(19)31/h3-6,9-10,19,27H,2,7-8,11H2,1H3,(H,26,32)(H,28,30,31). The molecular weight excluding hydrogens is 488 g/mol. The van der Waals surface area contributed by atoms with Gasteiger partial charge >= 0.3 is 0 Å². The highest BCUT2D eigenvalue weighted by atomic mass is 79.9. The lowest BCUT2D eigenvalue weighted by Crippen LogP contribution is -2.52. The molecular formula is C24H21BrN4O4. The average Bonchev–Trinajstić information content (AvgIpc) is 3.30. The molecule has 3 aromatic rings. The number of amides is 4. The fourth-order valence-electron chi connectivity index (χ4n) is 4.63. The Morgan fingerprint density at radius 2 is 2.00 bits per heavy atom. The lowest BCUT2D eigenvalue weighted by Gasteiger charge is -2.29. The number of anilines is 1. The molecule has 1 aromatic heterocycles. The van der Waals surface area contributed by atoms with E-state index < -0.39 is 11.9 Å². The third kappa shape index (κ3) is 3.72. The van der Waals surface area contributed by atoms with Gasteiger partial charge in [0, 0.05) is 39.6 Å². The summed E-state index contributed by atoms with van der Waals surface area (Å²) in [5.41, 5.74) is 4.13. The van der Waals surface area contributed by atoms with E-state index in [4.69, 9.17) is 0 Å². The van der Waals surface area contributed by atoms with Crippen LogP contribution < -0.4 is 10.6 Å². The molecule has 1 saturated heterocycles. The molecule has 0 bridgehead atoms. The maximum absolute atomic E-state index is 13.1. The molecule has 0 saturated carbocycles. The van der Waals surface area contributed by atoms with E-state index in [1.54, 1.807) is 18.2 Å². The van der Waals surface area contributed by atoms with Gasteiger partial charge in [-0.2, -0.15) is 0 Å². The molecule has 0 aliphatic carbocycles. The fraction of sp³-hybridized carbons (Fsp3) is 0.250. The number of fused-ring (bicyclic) bond motifs is 2. The molecule has 1 atom stereocenters. The molecule has 8 nitrogen and oxygen atoms in total. The first kappa shape index (κ1) is 21.4. The molecule has 1 unspecified atom stereocenters. The van der Waals surface area contributed by atoms with Crippen LogP contribution in [0.3, 0.4) is 0 Å². The molecule has 2 aromatic carbocycles. The van der Waals surface area contributed by atoms with E-state index in [0.717, 1.165) is 26.5 Å². The molecule has 9 heteroatoms. The number of nitrogens with zero attached hydrogens (tertiary/aromatic N) is 1. The molecule has 3 N–H and O–H groups in total. The fourth-order valence-corrected chi connectivity index (χ4v) is 5.00. The molecule has 168 valence electrons. The van der Waals surface area contributed by atoms with Gasteiger partial charge in [0.15, 0.2) is 0 Å². The SMILES string of the molecule is CCc1c(C(=O)Nc2ccc3c(c2)CN(C2CCC(=O)NC2=O)C3=O)[nH]c2cc(Br)ccc12. The molecule has 2 aliphatic heterocycles. The van der Waals surface area contributed by atoms with Gasteiger partial charge in [-0.15, -0.1) is 0 Å². The Labute approximate surface area is 197 Å². The first-order valence-corrected chi connectivity index (χ1v) is 11.5. The van der Waals surface area contributed by atoms with Gasteiger partial charge in [-0.1, -0.05) is 28.9 Å². The Hall–Kier alpha value is -3.46. The monoisotopic (exact) mass is 508 g/mol. The predicted octanol–water partition coefficient (Wildman–Crippen LogP) is 3.51. The predicted molar refractivity (Wildman–Crippen MR) is 126 cm³/mol. The number of halogens is 1. The Balaban J connectivity index is 1.38. The highest BCUT2D eigenvalue weighted by Gasteiger charge is 2.39. The van der Waals surface area contributed by atoms with E-state index in [0.29, 0.717) is 29.8 Å². The summed E-state index contributed by atoms with van der Waals surface area (Å²) in [4.78, 5) is 54.3. The zero-order chi connectivity index (χ0) is 23.3. The number of imide groups is 1. The van der Waals surface area contributed by atoms with Crippen LogP contribution in [0, 0.1) is 0 Å². The molecule has 4 amide bonds. The minimum Gasteiger partial charge on any atom is -0.350 e. The Bertz CT molecular complexity index is 1350. The summed E-state index contributed by atoms with van der Waals surface area (Å²) in [7, 11) is 0. The van der Waals surface area contributed by atoms with Gasteiger partial charge < -0.3 is 15.2 Å². The number of aryl methyl sites for hydroxylation is 1. The van der Waals surface area contributed by atoms with Crippen molar-refractivity contribution < 1.29 is 19.2 Å². The zero-order valence-electron chi connectivity index (χ0n) is 17.8. The van der Waals surface area contributed by atoms with Gasteiger partial charge in [0.25, 0.3) is 11.8 Å². The Morgan fingerprint density at radius 3 is 2.76 bits per heavy atom. The quantitative estimate of drug-likeness (QED) is 0.468. The van der Waals surface area contributed by atoms with Crippen LogP contribution in [0.15, 0.2) is 40.9 Å². The Morgan fingerprint density at radius 1 is 1.18 bits per heavy atom. The molecule has 0 spiro atoms. The average molecular weight is 509 g/mol. The summed E-state index contributed by atoms with van der Waals surface area (Å²) in [6, 6.07) is 10.3. The third-order valence-electron chi connectivity index (χ3n) is 6.23. The van der Waals surface area contributed by atoms with Gasteiger partial charge in [0.2, 0.25) is 11.8 Å². The number of piperidine rings is 1. The van der Waals surface area contributed by atoms with Crippen molar-refractivity contribution in [3.63, 3.8) is 0 Å². The largest absolute Gasteiger partial charge is 0.350 e. The number of carbonyl (C=O) groups is 4. The molecule has 2 aliphatic rings. The van der Waals surface area contributed by atoms with Crippen molar-refractivity contribution >= 4 is 56.1 Å². The van der Waals surface area contributed by atoms with E-state index >= 15 is 0 Å². The van der Waals surface area contributed by atoms with Crippen LogP contribution in [0.1, 0.15) is 51.7 Å². The van der Waals surface area contributed by atoms with Crippen molar-refractivity contribution in [2.24, 2.45) is 0 Å². The molecule has 5 rings (SSSR count). The maximum Gasteiger partial charge on any atom is 0.272 e. The van der Waals surface area contributed by atoms with Crippen LogP contribution in [0.4, 0.5) is 5.69 Å². The lowest BCUT2D eigenvalue weighted by atomic mass is 10.0. The number of carbonyl (C=O) groups excluding carboxylic acids is 4. The van der Waals surface area contributed by atoms with Crippen LogP contribution in [0.2, 0.25) is 0 Å². The summed E-state index contributed by atoms with van der Waals surface area (Å²) >= 11 is 3.46. The first-order valence-electron chi connectivity index (χ1n) is 10.7. The van der Waals surface area contributed by atoms with Crippen molar-refractivity contribution in [3.8, 4) is 0 Å². The molecule has 33 heavy (non-hydrogen) atoms. The number of hydrogen-bond acceptors (Lipinski definition) is 4. The van der Waals surface area contributed by atoms with E-state index in [-0.39, 0.29) is 30.7 Å². The summed E-state index contributed by atoms with van der Waals surface area (Å²) in [5, 5.41) is 6.23. The van der Waals surface area contributed by atoms with Gasteiger partial charge in [-0.25, -0.2) is 0 Å². The van der Waals surface area contributed by atoms with Crippen LogP contribution in [-0.4, -0.2) is 39.6 Å². The summed E-state index contributed by atoms with van der Waals surface area (Å²) in [6.45, 7) is 2.26. The van der Waals surface area contributed by atoms with Crippen LogP contribution in [0.25, 0.3) is 10.9 Å². The first-order chi connectivity index (χ1) is 15.9. The second kappa shape index (κ2) is 8.15. The van der Waals surface area contributed by atoms with Crippen molar-refractivity contribution in [2.45, 2.75) is 38.8 Å². The minimum atomic E-state index is -0.668. The minimum absolute atomic E-state index is 0.207. The van der Waals surface area contributed by atoms with Crippen molar-refractivity contribution in [1.82, 2.24) is 15.2 Å². The van der Waals surface area contributed by atoms with Crippen LogP contribution >= 0.6 is 15.9 Å². The van der Waals surface area contributed by atoms with Crippen molar-refractivity contribution in [3.05, 3.63) is 63.3 Å². The number of hydrogen-bond donors (Lipinski definition) is 3. The second-order valence-corrected chi connectivity index (χ2v) is 9.16.